The van der Waals surface area contributed by atoms with Crippen LogP contribution in [0.15, 0.2) is 18.2 Å². The van der Waals surface area contributed by atoms with Crippen LogP contribution in [-0.4, -0.2) is 77.7 Å². The van der Waals surface area contributed by atoms with Crippen LogP contribution >= 0.6 is 0 Å². The molecule has 0 aromatic heterocycles. The average molecular weight is 444 g/mol. The van der Waals surface area contributed by atoms with Crippen molar-refractivity contribution in [1.82, 2.24) is 25.6 Å². The van der Waals surface area contributed by atoms with Gasteiger partial charge in [0, 0.05) is 32.7 Å². The van der Waals surface area contributed by atoms with Gasteiger partial charge in [0.15, 0.2) is 11.5 Å². The Balaban J connectivity index is 1.09. The van der Waals surface area contributed by atoms with Gasteiger partial charge >= 0.3 is 6.03 Å². The third-order valence-corrected chi connectivity index (χ3v) is 6.78. The molecular formula is C22H29N5O5. The lowest BCUT2D eigenvalue weighted by molar-refractivity contribution is -0.140. The van der Waals surface area contributed by atoms with Crippen LogP contribution in [0.25, 0.3) is 0 Å². The predicted molar refractivity (Wildman–Crippen MR) is 114 cm³/mol. The van der Waals surface area contributed by atoms with Crippen LogP contribution < -0.4 is 20.2 Å². The largest absolute Gasteiger partial charge is 0.454 e. The molecule has 3 fully saturated rings. The summed E-state index contributed by atoms with van der Waals surface area (Å²) in [6.45, 7) is 4.36. The fraction of sp³-hybridized carbons (Fsp3) is 0.591. The Morgan fingerprint density at radius 1 is 1.00 bits per heavy atom. The second kappa shape index (κ2) is 8.59. The van der Waals surface area contributed by atoms with Gasteiger partial charge in [0.1, 0.15) is 5.54 Å². The number of ether oxygens (including phenoxy) is 2. The van der Waals surface area contributed by atoms with Crippen molar-refractivity contribution in [1.29, 1.82) is 0 Å². The van der Waals surface area contributed by atoms with E-state index in [4.69, 9.17) is 9.47 Å². The summed E-state index contributed by atoms with van der Waals surface area (Å²) in [7, 11) is 0. The molecule has 0 bridgehead atoms. The Labute approximate surface area is 186 Å². The minimum atomic E-state index is -0.830. The second-order valence-electron chi connectivity index (χ2n) is 8.99. The van der Waals surface area contributed by atoms with Gasteiger partial charge in [0.2, 0.25) is 6.79 Å². The van der Waals surface area contributed by atoms with Crippen LogP contribution in [0.5, 0.6) is 11.5 Å². The minimum absolute atomic E-state index is 0.155. The molecule has 1 saturated carbocycles. The quantitative estimate of drug-likeness (QED) is 0.650. The van der Waals surface area contributed by atoms with Crippen molar-refractivity contribution in [3.05, 3.63) is 23.8 Å². The van der Waals surface area contributed by atoms with Crippen molar-refractivity contribution in [2.45, 2.75) is 44.2 Å². The molecule has 0 atom stereocenters. The molecular weight excluding hydrogens is 414 g/mol. The molecule has 5 rings (SSSR count). The van der Waals surface area contributed by atoms with Crippen molar-refractivity contribution < 1.29 is 23.9 Å². The van der Waals surface area contributed by atoms with Gasteiger partial charge in [-0.05, 0) is 30.5 Å². The first kappa shape index (κ1) is 21.0. The zero-order valence-electron chi connectivity index (χ0n) is 18.1. The van der Waals surface area contributed by atoms with Gasteiger partial charge in [-0.2, -0.15) is 5.01 Å². The zero-order valence-corrected chi connectivity index (χ0v) is 18.1. The lowest BCUT2D eigenvalue weighted by Crippen LogP contribution is -2.54. The topological polar surface area (TPSA) is 103 Å². The van der Waals surface area contributed by atoms with E-state index in [1.54, 1.807) is 0 Å². The highest BCUT2D eigenvalue weighted by Crippen LogP contribution is 2.34. The van der Waals surface area contributed by atoms with E-state index in [-0.39, 0.29) is 25.2 Å². The number of hydrogen-bond donors (Lipinski definition) is 2. The van der Waals surface area contributed by atoms with Gasteiger partial charge in [-0.3, -0.25) is 24.8 Å². The van der Waals surface area contributed by atoms with Gasteiger partial charge < -0.3 is 14.8 Å². The molecule has 1 aromatic carbocycles. The summed E-state index contributed by atoms with van der Waals surface area (Å²) in [4.78, 5) is 42.0. The number of piperazine rings is 1. The summed E-state index contributed by atoms with van der Waals surface area (Å²) in [5.41, 5.74) is 2.86. The highest BCUT2D eigenvalue weighted by Gasteiger charge is 2.52. The smallest absolute Gasteiger partial charge is 0.344 e. The molecule has 4 aliphatic rings. The highest BCUT2D eigenvalue weighted by atomic mass is 16.7. The number of amides is 4. The lowest BCUT2D eigenvalue weighted by Gasteiger charge is -2.34. The van der Waals surface area contributed by atoms with E-state index in [9.17, 15) is 14.4 Å². The number of carbonyl (C=O) groups is 3. The predicted octanol–water partition coefficient (Wildman–Crippen LogP) is 0.819. The molecule has 3 heterocycles. The van der Waals surface area contributed by atoms with Crippen molar-refractivity contribution in [3.63, 3.8) is 0 Å². The Hall–Kier alpha value is -2.85. The molecule has 10 nitrogen and oxygen atoms in total. The molecule has 32 heavy (non-hydrogen) atoms. The number of benzene rings is 1. The first-order valence-electron chi connectivity index (χ1n) is 11.3. The summed E-state index contributed by atoms with van der Waals surface area (Å²) >= 11 is 0. The van der Waals surface area contributed by atoms with E-state index < -0.39 is 11.6 Å². The molecule has 2 N–H and O–H groups in total. The molecule has 1 spiro atoms. The van der Waals surface area contributed by atoms with E-state index >= 15 is 0 Å². The number of hydrogen-bond acceptors (Lipinski definition) is 7. The fourth-order valence-corrected chi connectivity index (χ4v) is 4.98. The molecule has 172 valence electrons. The molecule has 10 heteroatoms. The Bertz CT molecular complexity index is 908. The Kier molecular flexibility index (Phi) is 5.64. The summed E-state index contributed by atoms with van der Waals surface area (Å²) in [6, 6.07) is 5.47. The number of imide groups is 1. The highest BCUT2D eigenvalue weighted by molar-refractivity contribution is 6.08. The summed E-state index contributed by atoms with van der Waals surface area (Å²) in [5, 5.41) is 3.69. The third kappa shape index (κ3) is 4.12. The number of hydrazine groups is 1. The van der Waals surface area contributed by atoms with Gasteiger partial charge in [-0.15, -0.1) is 0 Å². The van der Waals surface area contributed by atoms with Crippen molar-refractivity contribution in [2.24, 2.45) is 0 Å². The maximum absolute atomic E-state index is 12.8. The average Bonchev–Trinajstić information content (AvgIpc) is 3.34. The van der Waals surface area contributed by atoms with Crippen molar-refractivity contribution >= 4 is 17.8 Å². The molecule has 4 amide bonds. The van der Waals surface area contributed by atoms with Crippen LogP contribution in [0.3, 0.4) is 0 Å². The molecule has 2 saturated heterocycles. The SMILES string of the molecule is O=C(CN1CCN(Cc2ccc3c(c2)OCO3)CC1)NN1C(=O)NC2(CCCCC2)C1=O. The first-order valence-corrected chi connectivity index (χ1v) is 11.3. The van der Waals surface area contributed by atoms with Gasteiger partial charge in [0.25, 0.3) is 11.8 Å². The van der Waals surface area contributed by atoms with Crippen LogP contribution in [0.1, 0.15) is 37.7 Å². The second-order valence-corrected chi connectivity index (χ2v) is 8.99. The Morgan fingerprint density at radius 2 is 1.72 bits per heavy atom. The molecule has 0 unspecified atom stereocenters. The molecule has 3 aliphatic heterocycles. The molecule has 0 radical (unpaired) electrons. The van der Waals surface area contributed by atoms with E-state index in [2.05, 4.69) is 15.6 Å². The first-order chi connectivity index (χ1) is 15.5. The number of fused-ring (bicyclic) bond motifs is 1. The van der Waals surface area contributed by atoms with Gasteiger partial charge in [-0.1, -0.05) is 25.3 Å². The lowest BCUT2D eigenvalue weighted by atomic mass is 9.82. The van der Waals surface area contributed by atoms with Crippen LogP contribution in [0.2, 0.25) is 0 Å². The van der Waals surface area contributed by atoms with E-state index in [1.807, 2.05) is 23.1 Å². The normalized spacial score (nSPS) is 22.9. The number of urea groups is 1. The minimum Gasteiger partial charge on any atom is -0.454 e. The van der Waals surface area contributed by atoms with Crippen molar-refractivity contribution in [3.8, 4) is 11.5 Å². The fourth-order valence-electron chi connectivity index (χ4n) is 4.98. The zero-order chi connectivity index (χ0) is 22.1. The van der Waals surface area contributed by atoms with Gasteiger partial charge in [-0.25, -0.2) is 4.79 Å². The molecule has 1 aliphatic carbocycles. The van der Waals surface area contributed by atoms with E-state index in [0.29, 0.717) is 12.8 Å². The molecule has 1 aromatic rings. The Morgan fingerprint density at radius 3 is 2.50 bits per heavy atom. The van der Waals surface area contributed by atoms with E-state index in [1.165, 1.54) is 0 Å². The summed E-state index contributed by atoms with van der Waals surface area (Å²) in [5.74, 6) is 0.896. The summed E-state index contributed by atoms with van der Waals surface area (Å²) < 4.78 is 10.8. The standard InChI is InChI=1S/C22H29N5O5/c28-19(24-27-20(29)22(23-21(27)30)6-2-1-3-7-22)14-26-10-8-25(9-11-26)13-16-4-5-17-18(12-16)32-15-31-17/h4-5,12H,1-3,6-11,13-15H2,(H,23,30)(H,24,28). The number of nitrogens with zero attached hydrogens (tertiary/aromatic N) is 3. The number of carbonyl (C=O) groups excluding carboxylic acids is 3. The number of nitrogens with one attached hydrogen (secondary N) is 2. The van der Waals surface area contributed by atoms with Crippen LogP contribution in [0.4, 0.5) is 4.79 Å². The van der Waals surface area contributed by atoms with Crippen LogP contribution in [-0.2, 0) is 16.1 Å². The maximum Gasteiger partial charge on any atom is 0.344 e. The monoisotopic (exact) mass is 443 g/mol. The maximum atomic E-state index is 12.8. The van der Waals surface area contributed by atoms with Gasteiger partial charge in [0.05, 0.1) is 6.54 Å². The summed E-state index contributed by atoms with van der Waals surface area (Å²) in [6.07, 6.45) is 4.15. The van der Waals surface area contributed by atoms with E-state index in [0.717, 1.165) is 74.1 Å². The van der Waals surface area contributed by atoms with Crippen molar-refractivity contribution in [2.75, 3.05) is 39.5 Å². The number of rotatable bonds is 5. The third-order valence-electron chi connectivity index (χ3n) is 6.78. The van der Waals surface area contributed by atoms with Crippen LogP contribution in [0, 0.1) is 0 Å².